The zero-order valence-electron chi connectivity index (χ0n) is 13.9. The van der Waals surface area contributed by atoms with Crippen LogP contribution in [0.15, 0.2) is 34.9 Å². The molecule has 2 heterocycles. The summed E-state index contributed by atoms with van der Waals surface area (Å²) in [6.45, 7) is 5.64. The molecule has 3 rings (SSSR count). The van der Waals surface area contributed by atoms with E-state index in [0.717, 1.165) is 31.1 Å². The van der Waals surface area contributed by atoms with E-state index in [1.807, 2.05) is 17.9 Å². The number of carbonyl (C=O) groups excluding carboxylic acids is 1. The quantitative estimate of drug-likeness (QED) is 0.844. The highest BCUT2D eigenvalue weighted by Crippen LogP contribution is 2.13. The van der Waals surface area contributed by atoms with Crippen LogP contribution in [0.5, 0.6) is 0 Å². The van der Waals surface area contributed by atoms with Crippen LogP contribution >= 0.6 is 0 Å². The summed E-state index contributed by atoms with van der Waals surface area (Å²) in [6, 6.07) is 8.57. The van der Waals surface area contributed by atoms with Crippen LogP contribution in [0, 0.1) is 12.7 Å². The molecule has 0 radical (unpaired) electrons. The van der Waals surface area contributed by atoms with Gasteiger partial charge in [-0.15, -0.1) is 0 Å². The molecule has 0 atom stereocenters. The summed E-state index contributed by atoms with van der Waals surface area (Å²) in [5.41, 5.74) is 1.48. The van der Waals surface area contributed by atoms with Crippen molar-refractivity contribution in [3.8, 4) is 0 Å². The molecule has 1 saturated heterocycles. The maximum absolute atomic E-state index is 13.6. The van der Waals surface area contributed by atoms with Crippen molar-refractivity contribution in [1.82, 2.24) is 15.0 Å². The summed E-state index contributed by atoms with van der Waals surface area (Å²) in [5.74, 6) is 0.706. The van der Waals surface area contributed by atoms with Gasteiger partial charge in [0.1, 0.15) is 5.82 Å². The number of piperazine rings is 1. The monoisotopic (exact) mass is 331 g/mol. The molecule has 1 aromatic heterocycles. The maximum Gasteiger partial charge on any atom is 0.222 e. The van der Waals surface area contributed by atoms with Crippen LogP contribution in [0.25, 0.3) is 0 Å². The molecule has 0 spiro atoms. The molecule has 1 fully saturated rings. The summed E-state index contributed by atoms with van der Waals surface area (Å²) < 4.78 is 18.8. The number of hydrogen-bond acceptors (Lipinski definition) is 4. The predicted molar refractivity (Wildman–Crippen MR) is 87.8 cm³/mol. The molecule has 5 nitrogen and oxygen atoms in total. The predicted octanol–water partition coefficient (Wildman–Crippen LogP) is 2.40. The summed E-state index contributed by atoms with van der Waals surface area (Å²) in [5, 5.41) is 3.89. The minimum absolute atomic E-state index is 0.0911. The Bertz CT molecular complexity index is 693. The minimum Gasteiger partial charge on any atom is -0.360 e. The molecule has 0 unspecified atom stereocenters. The van der Waals surface area contributed by atoms with Crippen LogP contribution in [0.3, 0.4) is 0 Å². The maximum atomic E-state index is 13.6. The Morgan fingerprint density at radius 3 is 2.67 bits per heavy atom. The van der Waals surface area contributed by atoms with Gasteiger partial charge in [0.25, 0.3) is 0 Å². The van der Waals surface area contributed by atoms with E-state index >= 15 is 0 Å². The summed E-state index contributed by atoms with van der Waals surface area (Å²) >= 11 is 0. The molecule has 128 valence electrons. The first-order chi connectivity index (χ1) is 11.6. The first-order valence-electron chi connectivity index (χ1n) is 8.27. The molecule has 1 aromatic carbocycles. The second kappa shape index (κ2) is 7.57. The Morgan fingerprint density at radius 1 is 1.25 bits per heavy atom. The number of rotatable bonds is 5. The van der Waals surface area contributed by atoms with Gasteiger partial charge in [-0.1, -0.05) is 23.4 Å². The Hall–Kier alpha value is -2.21. The van der Waals surface area contributed by atoms with Crippen molar-refractivity contribution in [2.24, 2.45) is 0 Å². The first kappa shape index (κ1) is 16.6. The van der Waals surface area contributed by atoms with Crippen LogP contribution in [0.2, 0.25) is 0 Å². The molecule has 1 aliphatic rings. The Kier molecular flexibility index (Phi) is 5.25. The van der Waals surface area contributed by atoms with E-state index in [2.05, 4.69) is 10.1 Å². The van der Waals surface area contributed by atoms with Gasteiger partial charge in [-0.3, -0.25) is 9.69 Å². The standard InChI is InChI=1S/C18H22FN3O2/c1-14-12-16(24-20-14)13-21-8-10-22(11-9-21)18(23)7-6-15-4-2-3-5-17(15)19/h2-5,12H,6-11,13H2,1H3. The van der Waals surface area contributed by atoms with Crippen LogP contribution in [0.4, 0.5) is 4.39 Å². The van der Waals surface area contributed by atoms with Gasteiger partial charge in [0.2, 0.25) is 5.91 Å². The van der Waals surface area contributed by atoms with Crippen molar-refractivity contribution >= 4 is 5.91 Å². The molecule has 6 heteroatoms. The third kappa shape index (κ3) is 4.20. The van der Waals surface area contributed by atoms with Gasteiger partial charge in [-0.2, -0.15) is 0 Å². The Labute approximate surface area is 141 Å². The molecule has 0 saturated carbocycles. The highest BCUT2D eigenvalue weighted by atomic mass is 19.1. The molecular formula is C18H22FN3O2. The third-order valence-corrected chi connectivity index (χ3v) is 4.35. The van der Waals surface area contributed by atoms with E-state index in [9.17, 15) is 9.18 Å². The molecular weight excluding hydrogens is 309 g/mol. The highest BCUT2D eigenvalue weighted by molar-refractivity contribution is 5.76. The van der Waals surface area contributed by atoms with Crippen molar-refractivity contribution in [1.29, 1.82) is 0 Å². The second-order valence-electron chi connectivity index (χ2n) is 6.18. The lowest BCUT2D eigenvalue weighted by Crippen LogP contribution is -2.48. The highest BCUT2D eigenvalue weighted by Gasteiger charge is 2.22. The van der Waals surface area contributed by atoms with E-state index in [1.54, 1.807) is 18.2 Å². The zero-order valence-corrected chi connectivity index (χ0v) is 13.9. The van der Waals surface area contributed by atoms with Gasteiger partial charge in [-0.05, 0) is 25.0 Å². The summed E-state index contributed by atoms with van der Waals surface area (Å²) in [4.78, 5) is 16.4. The van der Waals surface area contributed by atoms with Crippen molar-refractivity contribution in [3.05, 3.63) is 53.2 Å². The Morgan fingerprint density at radius 2 is 2.00 bits per heavy atom. The number of hydrogen-bond donors (Lipinski definition) is 0. The van der Waals surface area contributed by atoms with E-state index in [4.69, 9.17) is 4.52 Å². The molecule has 0 N–H and O–H groups in total. The van der Waals surface area contributed by atoms with Crippen LogP contribution in [0.1, 0.15) is 23.4 Å². The molecule has 0 bridgehead atoms. The molecule has 1 amide bonds. The average Bonchev–Trinajstić information content (AvgIpc) is 2.99. The van der Waals surface area contributed by atoms with E-state index in [1.165, 1.54) is 6.07 Å². The number of benzene rings is 1. The minimum atomic E-state index is -0.238. The van der Waals surface area contributed by atoms with Crippen molar-refractivity contribution in [3.63, 3.8) is 0 Å². The van der Waals surface area contributed by atoms with Crippen LogP contribution in [-0.4, -0.2) is 47.0 Å². The molecule has 1 aliphatic heterocycles. The smallest absolute Gasteiger partial charge is 0.222 e. The number of nitrogens with zero attached hydrogens (tertiary/aromatic N) is 3. The number of aryl methyl sites for hydroxylation is 2. The van der Waals surface area contributed by atoms with Crippen LogP contribution < -0.4 is 0 Å². The normalized spacial score (nSPS) is 15.7. The first-order valence-corrected chi connectivity index (χ1v) is 8.27. The van der Waals surface area contributed by atoms with Gasteiger partial charge < -0.3 is 9.42 Å². The lowest BCUT2D eigenvalue weighted by atomic mass is 10.1. The van der Waals surface area contributed by atoms with Gasteiger partial charge in [0, 0.05) is 38.7 Å². The number of halogens is 1. The number of aromatic nitrogens is 1. The van der Waals surface area contributed by atoms with Crippen molar-refractivity contribution in [2.45, 2.75) is 26.3 Å². The summed E-state index contributed by atoms with van der Waals surface area (Å²) in [7, 11) is 0. The molecule has 0 aliphatic carbocycles. The SMILES string of the molecule is Cc1cc(CN2CCN(C(=O)CCc3ccccc3F)CC2)on1. The summed E-state index contributed by atoms with van der Waals surface area (Å²) in [6.07, 6.45) is 0.797. The lowest BCUT2D eigenvalue weighted by Gasteiger charge is -2.34. The molecule has 2 aromatic rings. The van der Waals surface area contributed by atoms with Gasteiger partial charge in [0.05, 0.1) is 12.2 Å². The lowest BCUT2D eigenvalue weighted by molar-refractivity contribution is -0.133. The van der Waals surface area contributed by atoms with E-state index in [0.29, 0.717) is 31.5 Å². The van der Waals surface area contributed by atoms with Gasteiger partial charge >= 0.3 is 0 Å². The zero-order chi connectivity index (χ0) is 16.9. The van der Waals surface area contributed by atoms with E-state index in [-0.39, 0.29) is 11.7 Å². The largest absolute Gasteiger partial charge is 0.360 e. The van der Waals surface area contributed by atoms with Crippen LogP contribution in [-0.2, 0) is 17.8 Å². The van der Waals surface area contributed by atoms with Crippen molar-refractivity contribution < 1.29 is 13.7 Å². The Balaban J connectivity index is 1.44. The van der Waals surface area contributed by atoms with E-state index < -0.39 is 0 Å². The number of amides is 1. The third-order valence-electron chi connectivity index (χ3n) is 4.35. The topological polar surface area (TPSA) is 49.6 Å². The fraction of sp³-hybridized carbons (Fsp3) is 0.444. The molecule has 24 heavy (non-hydrogen) atoms. The van der Waals surface area contributed by atoms with Crippen molar-refractivity contribution in [2.75, 3.05) is 26.2 Å². The number of carbonyl (C=O) groups is 1. The fourth-order valence-corrected chi connectivity index (χ4v) is 2.97. The average molecular weight is 331 g/mol. The van der Waals surface area contributed by atoms with Gasteiger partial charge in [-0.25, -0.2) is 4.39 Å². The van der Waals surface area contributed by atoms with Gasteiger partial charge in [0.15, 0.2) is 5.76 Å². The fourth-order valence-electron chi connectivity index (χ4n) is 2.97. The second-order valence-corrected chi connectivity index (χ2v) is 6.18.